The lowest BCUT2D eigenvalue weighted by Gasteiger charge is -2.33. The molecule has 1 heterocycles. The second kappa shape index (κ2) is 8.12. The molecule has 0 atom stereocenters. The molecule has 4 heteroatoms. The zero-order chi connectivity index (χ0) is 18.6. The van der Waals surface area contributed by atoms with E-state index in [0.29, 0.717) is 0 Å². The quantitative estimate of drug-likeness (QED) is 0.593. The Morgan fingerprint density at radius 1 is 0.889 bits per heavy atom. The number of piperazine rings is 1. The third kappa shape index (κ3) is 4.32. The van der Waals surface area contributed by atoms with Crippen molar-refractivity contribution in [1.29, 1.82) is 0 Å². The SMILES string of the molecule is CC(=NN1CCN(Cc2ccc(Cl)cc2)CC1)c1cccc2ccccc12. The van der Waals surface area contributed by atoms with Gasteiger partial charge in [-0.05, 0) is 35.4 Å². The molecule has 0 amide bonds. The summed E-state index contributed by atoms with van der Waals surface area (Å²) in [5, 5.41) is 10.4. The first-order valence-electron chi connectivity index (χ1n) is 9.44. The van der Waals surface area contributed by atoms with Gasteiger partial charge in [0.05, 0.1) is 5.71 Å². The van der Waals surface area contributed by atoms with E-state index in [1.54, 1.807) is 0 Å². The maximum Gasteiger partial charge on any atom is 0.0652 e. The van der Waals surface area contributed by atoms with Crippen LogP contribution < -0.4 is 0 Å². The van der Waals surface area contributed by atoms with Crippen LogP contribution in [-0.4, -0.2) is 41.8 Å². The van der Waals surface area contributed by atoms with Crippen LogP contribution in [0.1, 0.15) is 18.1 Å². The van der Waals surface area contributed by atoms with Crippen molar-refractivity contribution in [2.24, 2.45) is 5.10 Å². The number of rotatable bonds is 4. The number of nitrogens with zero attached hydrogens (tertiary/aromatic N) is 3. The summed E-state index contributed by atoms with van der Waals surface area (Å²) in [5.74, 6) is 0. The summed E-state index contributed by atoms with van der Waals surface area (Å²) in [6, 6.07) is 23.1. The summed E-state index contributed by atoms with van der Waals surface area (Å²) in [6.45, 7) is 7.04. The van der Waals surface area contributed by atoms with Crippen LogP contribution in [0.3, 0.4) is 0 Å². The van der Waals surface area contributed by atoms with E-state index in [0.717, 1.165) is 43.5 Å². The molecular formula is C23H24ClN3. The van der Waals surface area contributed by atoms with Crippen LogP contribution in [0.15, 0.2) is 71.8 Å². The van der Waals surface area contributed by atoms with E-state index in [9.17, 15) is 0 Å². The highest BCUT2D eigenvalue weighted by molar-refractivity contribution is 6.30. The van der Waals surface area contributed by atoms with Crippen LogP contribution in [0.4, 0.5) is 0 Å². The van der Waals surface area contributed by atoms with Gasteiger partial charge in [0.25, 0.3) is 0 Å². The standard InChI is InChI=1S/C23H24ClN3/c1-18(22-8-4-6-20-5-2-3-7-23(20)22)25-27-15-13-26(14-16-27)17-19-9-11-21(24)12-10-19/h2-12H,13-17H2,1H3. The van der Waals surface area contributed by atoms with Gasteiger partial charge in [-0.15, -0.1) is 0 Å². The van der Waals surface area contributed by atoms with Crippen molar-refractivity contribution in [2.45, 2.75) is 13.5 Å². The molecule has 0 unspecified atom stereocenters. The highest BCUT2D eigenvalue weighted by atomic mass is 35.5. The fourth-order valence-corrected chi connectivity index (χ4v) is 3.78. The lowest BCUT2D eigenvalue weighted by atomic mass is 10.0. The Morgan fingerprint density at radius 2 is 1.59 bits per heavy atom. The monoisotopic (exact) mass is 377 g/mol. The number of hydrogen-bond donors (Lipinski definition) is 0. The minimum atomic E-state index is 0.793. The minimum Gasteiger partial charge on any atom is -0.295 e. The van der Waals surface area contributed by atoms with E-state index in [1.807, 2.05) is 12.1 Å². The Bertz CT molecular complexity index is 936. The average molecular weight is 378 g/mol. The molecule has 0 bridgehead atoms. The third-order valence-corrected chi connectivity index (χ3v) is 5.39. The van der Waals surface area contributed by atoms with Crippen molar-refractivity contribution in [2.75, 3.05) is 26.2 Å². The number of hydrogen-bond acceptors (Lipinski definition) is 3. The maximum absolute atomic E-state index is 5.97. The topological polar surface area (TPSA) is 18.8 Å². The van der Waals surface area contributed by atoms with Crippen LogP contribution in [0.25, 0.3) is 10.8 Å². The Hall–Kier alpha value is -2.36. The van der Waals surface area contributed by atoms with Gasteiger partial charge in [-0.25, -0.2) is 0 Å². The van der Waals surface area contributed by atoms with E-state index in [1.165, 1.54) is 21.9 Å². The second-order valence-electron chi connectivity index (χ2n) is 7.07. The van der Waals surface area contributed by atoms with Gasteiger partial charge in [-0.3, -0.25) is 9.91 Å². The first-order valence-corrected chi connectivity index (χ1v) is 9.82. The molecule has 3 nitrogen and oxygen atoms in total. The fourth-order valence-electron chi connectivity index (χ4n) is 3.65. The zero-order valence-electron chi connectivity index (χ0n) is 15.6. The van der Waals surface area contributed by atoms with Gasteiger partial charge in [0.15, 0.2) is 0 Å². The zero-order valence-corrected chi connectivity index (χ0v) is 16.4. The van der Waals surface area contributed by atoms with Crippen LogP contribution in [0.5, 0.6) is 0 Å². The molecule has 0 radical (unpaired) electrons. The van der Waals surface area contributed by atoms with E-state index in [4.69, 9.17) is 16.7 Å². The van der Waals surface area contributed by atoms with Crippen molar-refractivity contribution in [1.82, 2.24) is 9.91 Å². The Morgan fingerprint density at radius 3 is 2.37 bits per heavy atom. The summed E-state index contributed by atoms with van der Waals surface area (Å²) in [5.41, 5.74) is 3.61. The van der Waals surface area contributed by atoms with Crippen LogP contribution >= 0.6 is 11.6 Å². The van der Waals surface area contributed by atoms with Crippen molar-refractivity contribution >= 4 is 28.1 Å². The van der Waals surface area contributed by atoms with Crippen molar-refractivity contribution in [3.8, 4) is 0 Å². The molecule has 4 rings (SSSR count). The van der Waals surface area contributed by atoms with Gasteiger partial charge in [-0.1, -0.05) is 66.2 Å². The largest absolute Gasteiger partial charge is 0.295 e. The highest BCUT2D eigenvalue weighted by Crippen LogP contribution is 2.20. The predicted molar refractivity (Wildman–Crippen MR) is 114 cm³/mol. The van der Waals surface area contributed by atoms with Crippen molar-refractivity contribution < 1.29 is 0 Å². The summed E-state index contributed by atoms with van der Waals surface area (Å²) in [4.78, 5) is 2.47. The minimum absolute atomic E-state index is 0.793. The molecule has 1 saturated heterocycles. The molecular weight excluding hydrogens is 354 g/mol. The number of halogens is 1. The molecule has 0 N–H and O–H groups in total. The predicted octanol–water partition coefficient (Wildman–Crippen LogP) is 5.04. The molecule has 3 aromatic rings. The molecule has 1 fully saturated rings. The van der Waals surface area contributed by atoms with Crippen molar-refractivity contribution in [3.05, 3.63) is 82.9 Å². The smallest absolute Gasteiger partial charge is 0.0652 e. The molecule has 3 aromatic carbocycles. The van der Waals surface area contributed by atoms with E-state index in [-0.39, 0.29) is 0 Å². The molecule has 0 aliphatic carbocycles. The summed E-state index contributed by atoms with van der Waals surface area (Å²) < 4.78 is 0. The maximum atomic E-state index is 5.97. The van der Waals surface area contributed by atoms with E-state index < -0.39 is 0 Å². The van der Waals surface area contributed by atoms with Crippen LogP contribution in [0, 0.1) is 0 Å². The molecule has 1 aliphatic heterocycles. The Kier molecular flexibility index (Phi) is 5.42. The molecule has 0 spiro atoms. The second-order valence-corrected chi connectivity index (χ2v) is 7.50. The molecule has 27 heavy (non-hydrogen) atoms. The molecule has 0 aromatic heterocycles. The van der Waals surface area contributed by atoms with E-state index in [2.05, 4.69) is 71.4 Å². The van der Waals surface area contributed by atoms with Crippen molar-refractivity contribution in [3.63, 3.8) is 0 Å². The number of fused-ring (bicyclic) bond motifs is 1. The highest BCUT2D eigenvalue weighted by Gasteiger charge is 2.16. The van der Waals surface area contributed by atoms with Crippen LogP contribution in [-0.2, 0) is 6.54 Å². The van der Waals surface area contributed by atoms with Gasteiger partial charge in [0.1, 0.15) is 0 Å². The lowest BCUT2D eigenvalue weighted by molar-refractivity contribution is 0.130. The van der Waals surface area contributed by atoms with Gasteiger partial charge in [-0.2, -0.15) is 5.10 Å². The van der Waals surface area contributed by atoms with Gasteiger partial charge in [0, 0.05) is 43.3 Å². The normalized spacial score (nSPS) is 16.1. The Balaban J connectivity index is 1.41. The summed E-state index contributed by atoms with van der Waals surface area (Å²) >= 11 is 5.97. The first kappa shape index (κ1) is 18.0. The van der Waals surface area contributed by atoms with Gasteiger partial charge < -0.3 is 0 Å². The van der Waals surface area contributed by atoms with E-state index >= 15 is 0 Å². The van der Waals surface area contributed by atoms with Gasteiger partial charge in [0.2, 0.25) is 0 Å². The lowest BCUT2D eigenvalue weighted by Crippen LogP contribution is -2.43. The third-order valence-electron chi connectivity index (χ3n) is 5.14. The fraction of sp³-hybridized carbons (Fsp3) is 0.261. The van der Waals surface area contributed by atoms with Crippen LogP contribution in [0.2, 0.25) is 5.02 Å². The number of hydrazone groups is 1. The average Bonchev–Trinajstić information content (AvgIpc) is 2.71. The summed E-state index contributed by atoms with van der Waals surface area (Å²) in [7, 11) is 0. The molecule has 1 aliphatic rings. The number of benzene rings is 3. The Labute approximate surface area is 165 Å². The summed E-state index contributed by atoms with van der Waals surface area (Å²) in [6.07, 6.45) is 0. The van der Waals surface area contributed by atoms with Gasteiger partial charge >= 0.3 is 0 Å². The molecule has 138 valence electrons. The first-order chi connectivity index (χ1) is 13.2. The molecule has 0 saturated carbocycles.